The van der Waals surface area contributed by atoms with Gasteiger partial charge in [-0.15, -0.1) is 0 Å². The number of rotatable bonds is 6. The number of carbonyl (C=O) groups excluding carboxylic acids is 1. The molecule has 18 heavy (non-hydrogen) atoms. The van der Waals surface area contributed by atoms with Gasteiger partial charge in [0.05, 0.1) is 0 Å². The Balaban J connectivity index is 2.66. The molecule has 0 aliphatic heterocycles. The third-order valence-electron chi connectivity index (χ3n) is 3.45. The molecule has 0 bridgehead atoms. The van der Waals surface area contributed by atoms with Gasteiger partial charge < -0.3 is 11.1 Å². The molecule has 0 radical (unpaired) electrons. The van der Waals surface area contributed by atoms with Crippen molar-refractivity contribution in [2.45, 2.75) is 39.8 Å². The maximum absolute atomic E-state index is 11.0. The van der Waals surface area contributed by atoms with E-state index in [0.717, 1.165) is 12.0 Å². The van der Waals surface area contributed by atoms with Crippen molar-refractivity contribution >= 4 is 17.5 Å². The minimum absolute atomic E-state index is 0.432. The van der Waals surface area contributed by atoms with Crippen LogP contribution in [0, 0.1) is 5.92 Å². The van der Waals surface area contributed by atoms with Gasteiger partial charge in [-0.1, -0.05) is 37.9 Å². The second-order valence-electron chi connectivity index (χ2n) is 4.73. The summed E-state index contributed by atoms with van der Waals surface area (Å²) in [4.78, 5) is 11.0. The molecule has 2 unspecified atom stereocenters. The van der Waals surface area contributed by atoms with Crippen LogP contribution in [-0.4, -0.2) is 11.9 Å². The first kappa shape index (κ1) is 15.0. The maximum atomic E-state index is 11.0. The van der Waals surface area contributed by atoms with Crippen LogP contribution in [-0.2, 0) is 6.54 Å². The molecule has 0 heterocycles. The monoisotopic (exact) mass is 268 g/mol. The molecule has 0 saturated heterocycles. The lowest BCUT2D eigenvalue weighted by Gasteiger charge is -2.20. The van der Waals surface area contributed by atoms with Crippen LogP contribution in [0.3, 0.4) is 0 Å². The summed E-state index contributed by atoms with van der Waals surface area (Å²) in [6, 6.07) is 5.61. The Labute approximate surface area is 114 Å². The molecule has 0 saturated carbocycles. The number of nitrogens with two attached hydrogens (primary N) is 1. The van der Waals surface area contributed by atoms with Crippen LogP contribution in [0.4, 0.5) is 0 Å². The number of benzene rings is 1. The van der Waals surface area contributed by atoms with E-state index in [1.165, 1.54) is 0 Å². The van der Waals surface area contributed by atoms with Crippen molar-refractivity contribution in [2.24, 2.45) is 11.7 Å². The van der Waals surface area contributed by atoms with Crippen molar-refractivity contribution in [1.82, 2.24) is 5.32 Å². The van der Waals surface area contributed by atoms with Gasteiger partial charge in [-0.3, -0.25) is 4.79 Å². The Hall–Kier alpha value is -1.06. The first-order chi connectivity index (χ1) is 8.45. The predicted octanol–water partition coefficient (Wildman–Crippen LogP) is 2.96. The molecule has 1 amide bonds. The number of nitrogens with one attached hydrogen (secondary N) is 1. The smallest absolute Gasteiger partial charge is 0.248 e. The first-order valence-corrected chi connectivity index (χ1v) is 6.65. The van der Waals surface area contributed by atoms with Gasteiger partial charge in [0.1, 0.15) is 0 Å². The number of halogens is 1. The lowest BCUT2D eigenvalue weighted by molar-refractivity contribution is 0.100. The van der Waals surface area contributed by atoms with Gasteiger partial charge >= 0.3 is 0 Å². The van der Waals surface area contributed by atoms with Gasteiger partial charge in [-0.25, -0.2) is 0 Å². The summed E-state index contributed by atoms with van der Waals surface area (Å²) in [7, 11) is 0. The minimum Gasteiger partial charge on any atom is -0.366 e. The number of hydrogen-bond donors (Lipinski definition) is 2. The van der Waals surface area contributed by atoms with E-state index < -0.39 is 5.91 Å². The van der Waals surface area contributed by atoms with Crippen LogP contribution in [0.2, 0.25) is 5.02 Å². The molecule has 1 aromatic carbocycles. The highest BCUT2D eigenvalue weighted by atomic mass is 35.5. The van der Waals surface area contributed by atoms with Crippen LogP contribution >= 0.6 is 11.6 Å². The zero-order valence-electron chi connectivity index (χ0n) is 11.2. The van der Waals surface area contributed by atoms with Crippen LogP contribution in [0.15, 0.2) is 18.2 Å². The number of carbonyl (C=O) groups is 1. The Morgan fingerprint density at radius 3 is 2.61 bits per heavy atom. The molecule has 2 atom stereocenters. The van der Waals surface area contributed by atoms with E-state index in [9.17, 15) is 4.79 Å². The minimum atomic E-state index is -0.454. The van der Waals surface area contributed by atoms with Crippen LogP contribution < -0.4 is 11.1 Å². The summed E-state index contributed by atoms with van der Waals surface area (Å²) < 4.78 is 0. The lowest BCUT2D eigenvalue weighted by Crippen LogP contribution is -2.31. The van der Waals surface area contributed by atoms with Crippen molar-refractivity contribution in [3.8, 4) is 0 Å². The molecule has 0 aliphatic rings. The average Bonchev–Trinajstić information content (AvgIpc) is 2.35. The molecule has 100 valence electrons. The number of amides is 1. The fraction of sp³-hybridized carbons (Fsp3) is 0.500. The van der Waals surface area contributed by atoms with E-state index in [1.807, 2.05) is 6.07 Å². The molecule has 0 fully saturated rings. The normalized spacial score (nSPS) is 14.2. The van der Waals surface area contributed by atoms with Crippen LogP contribution in [0.25, 0.3) is 0 Å². The highest BCUT2D eigenvalue weighted by Gasteiger charge is 2.11. The largest absolute Gasteiger partial charge is 0.366 e. The fourth-order valence-corrected chi connectivity index (χ4v) is 1.92. The molecule has 3 N–H and O–H groups in total. The van der Waals surface area contributed by atoms with Crippen molar-refractivity contribution in [3.05, 3.63) is 34.3 Å². The molecule has 3 nitrogen and oxygen atoms in total. The van der Waals surface area contributed by atoms with E-state index in [1.54, 1.807) is 12.1 Å². The fourth-order valence-electron chi connectivity index (χ4n) is 1.67. The molecular weight excluding hydrogens is 248 g/mol. The SMILES string of the molecule is CCC(C)C(C)NCc1ccc(C(N)=O)cc1Cl. The van der Waals surface area contributed by atoms with Crippen molar-refractivity contribution in [1.29, 1.82) is 0 Å². The van der Waals surface area contributed by atoms with Gasteiger partial charge in [0, 0.05) is 23.2 Å². The van der Waals surface area contributed by atoms with Gasteiger partial charge in [-0.2, -0.15) is 0 Å². The van der Waals surface area contributed by atoms with Crippen molar-refractivity contribution < 1.29 is 4.79 Å². The quantitative estimate of drug-likeness (QED) is 0.833. The third-order valence-corrected chi connectivity index (χ3v) is 3.80. The van der Waals surface area contributed by atoms with Crippen molar-refractivity contribution in [2.75, 3.05) is 0 Å². The van der Waals surface area contributed by atoms with Gasteiger partial charge in [0.2, 0.25) is 5.91 Å². The van der Waals surface area contributed by atoms with Crippen LogP contribution in [0.1, 0.15) is 43.1 Å². The van der Waals surface area contributed by atoms with E-state index in [4.69, 9.17) is 17.3 Å². The third kappa shape index (κ3) is 4.00. The summed E-state index contributed by atoms with van der Waals surface area (Å²) in [6.07, 6.45) is 1.14. The number of primary amides is 1. The number of hydrogen-bond acceptors (Lipinski definition) is 2. The van der Waals surface area contributed by atoms with E-state index >= 15 is 0 Å². The second-order valence-corrected chi connectivity index (χ2v) is 5.13. The average molecular weight is 269 g/mol. The Bertz CT molecular complexity index is 420. The molecule has 4 heteroatoms. The first-order valence-electron chi connectivity index (χ1n) is 6.27. The highest BCUT2D eigenvalue weighted by molar-refractivity contribution is 6.31. The summed E-state index contributed by atoms with van der Waals surface area (Å²) >= 11 is 6.12. The molecule has 0 aliphatic carbocycles. The van der Waals surface area contributed by atoms with Gasteiger partial charge in [-0.05, 0) is 30.5 Å². The summed E-state index contributed by atoms with van der Waals surface area (Å²) in [5.41, 5.74) is 6.63. The topological polar surface area (TPSA) is 55.1 Å². The van der Waals surface area contributed by atoms with Crippen LogP contribution in [0.5, 0.6) is 0 Å². The van der Waals surface area contributed by atoms with E-state index in [2.05, 4.69) is 26.1 Å². The van der Waals surface area contributed by atoms with Crippen molar-refractivity contribution in [3.63, 3.8) is 0 Å². The highest BCUT2D eigenvalue weighted by Crippen LogP contribution is 2.18. The second kappa shape index (κ2) is 6.76. The Kier molecular flexibility index (Phi) is 5.63. The zero-order valence-corrected chi connectivity index (χ0v) is 11.9. The summed E-state index contributed by atoms with van der Waals surface area (Å²) in [5, 5.41) is 4.02. The standard InChI is InChI=1S/C14H21ClN2O/c1-4-9(2)10(3)17-8-12-6-5-11(14(16)18)7-13(12)15/h5-7,9-10,17H,4,8H2,1-3H3,(H2,16,18). The summed E-state index contributed by atoms with van der Waals surface area (Å²) in [5.74, 6) is 0.165. The lowest BCUT2D eigenvalue weighted by atomic mass is 10.0. The molecule has 0 spiro atoms. The maximum Gasteiger partial charge on any atom is 0.248 e. The van der Waals surface area contributed by atoms with E-state index in [-0.39, 0.29) is 0 Å². The van der Waals surface area contributed by atoms with E-state index in [0.29, 0.717) is 29.1 Å². The zero-order chi connectivity index (χ0) is 13.7. The summed E-state index contributed by atoms with van der Waals surface area (Å²) in [6.45, 7) is 7.26. The Morgan fingerprint density at radius 2 is 2.11 bits per heavy atom. The predicted molar refractivity (Wildman–Crippen MR) is 75.7 cm³/mol. The molecule has 0 aromatic heterocycles. The van der Waals surface area contributed by atoms with Gasteiger partial charge in [0.15, 0.2) is 0 Å². The molecule has 1 aromatic rings. The Morgan fingerprint density at radius 1 is 1.44 bits per heavy atom. The molecular formula is C14H21ClN2O. The van der Waals surface area contributed by atoms with Gasteiger partial charge in [0.25, 0.3) is 0 Å². The molecule has 1 rings (SSSR count).